The number of Topliss-reactive ketones (excluding diaryl/α,β-unsaturated/α-hetero) is 1. The number of ketones is 1. The first-order chi connectivity index (χ1) is 14.8. The van der Waals surface area contributed by atoms with Crippen LogP contribution in [0.1, 0.15) is 53.2 Å². The topological polar surface area (TPSA) is 113 Å². The molecule has 2 aromatic carbocycles. The second kappa shape index (κ2) is 8.67. The van der Waals surface area contributed by atoms with E-state index >= 15 is 0 Å². The predicted octanol–water partition coefficient (Wildman–Crippen LogP) is 3.64. The predicted molar refractivity (Wildman–Crippen MR) is 111 cm³/mol. The molecule has 0 bridgehead atoms. The van der Waals surface area contributed by atoms with Crippen LogP contribution < -0.4 is 0 Å². The smallest absolute Gasteiger partial charge is 0.328 e. The van der Waals surface area contributed by atoms with Crippen LogP contribution in [0, 0.1) is 17.0 Å². The number of ether oxygens (including phenoxy) is 2. The summed E-state index contributed by atoms with van der Waals surface area (Å²) in [6, 6.07) is 10.7. The molecule has 162 valence electrons. The third-order valence-electron chi connectivity index (χ3n) is 5.53. The van der Waals surface area contributed by atoms with E-state index < -0.39 is 28.2 Å². The van der Waals surface area contributed by atoms with E-state index in [1.165, 1.54) is 12.1 Å². The van der Waals surface area contributed by atoms with Gasteiger partial charge < -0.3 is 9.47 Å². The largest absolute Gasteiger partial charge is 0.465 e. The number of hydrogen-bond donors (Lipinski definition) is 0. The van der Waals surface area contributed by atoms with Crippen LogP contribution in [0.25, 0.3) is 0 Å². The van der Waals surface area contributed by atoms with Crippen LogP contribution in [-0.4, -0.2) is 35.9 Å². The molecular formula is C23H23NO7. The minimum Gasteiger partial charge on any atom is -0.465 e. The summed E-state index contributed by atoms with van der Waals surface area (Å²) >= 11 is 0. The lowest BCUT2D eigenvalue weighted by molar-refractivity contribution is -0.385. The molecule has 0 heterocycles. The van der Waals surface area contributed by atoms with Gasteiger partial charge in [-0.3, -0.25) is 24.5 Å². The molecule has 0 fully saturated rings. The number of non-ortho nitro benzene ring substituents is 1. The number of carbonyl (C=O) groups excluding carboxylic acids is 3. The fourth-order valence-electron chi connectivity index (χ4n) is 4.10. The van der Waals surface area contributed by atoms with Gasteiger partial charge >= 0.3 is 11.9 Å². The highest BCUT2D eigenvalue weighted by Gasteiger charge is 2.61. The highest BCUT2D eigenvalue weighted by atomic mass is 16.6. The Kier molecular flexibility index (Phi) is 6.19. The molecular weight excluding hydrogens is 402 g/mol. The van der Waals surface area contributed by atoms with Gasteiger partial charge in [0, 0.05) is 30.0 Å². The van der Waals surface area contributed by atoms with Crippen molar-refractivity contribution in [2.24, 2.45) is 0 Å². The Labute approximate surface area is 179 Å². The van der Waals surface area contributed by atoms with E-state index in [4.69, 9.17) is 9.47 Å². The number of carbonyl (C=O) groups is 3. The molecule has 8 nitrogen and oxygen atoms in total. The molecule has 0 aliphatic heterocycles. The molecule has 0 spiro atoms. The Bertz CT molecular complexity index is 1020. The van der Waals surface area contributed by atoms with Gasteiger partial charge in [0.05, 0.1) is 18.1 Å². The van der Waals surface area contributed by atoms with Gasteiger partial charge in [-0.05, 0) is 38.0 Å². The number of nitro benzene ring substituents is 1. The van der Waals surface area contributed by atoms with Gasteiger partial charge in [-0.25, -0.2) is 0 Å². The number of aryl methyl sites for hydroxylation is 1. The fourth-order valence-corrected chi connectivity index (χ4v) is 4.10. The van der Waals surface area contributed by atoms with Crippen molar-refractivity contribution in [2.75, 3.05) is 13.2 Å². The molecule has 0 aromatic heterocycles. The number of esters is 2. The fraction of sp³-hybridized carbons (Fsp3) is 0.348. The van der Waals surface area contributed by atoms with Crippen molar-refractivity contribution in [1.82, 2.24) is 0 Å². The van der Waals surface area contributed by atoms with E-state index in [9.17, 15) is 24.5 Å². The molecule has 0 N–H and O–H groups in total. The van der Waals surface area contributed by atoms with E-state index in [1.807, 2.05) is 19.1 Å². The maximum atomic E-state index is 13.4. The quantitative estimate of drug-likeness (QED) is 0.300. The second-order valence-electron chi connectivity index (χ2n) is 7.33. The van der Waals surface area contributed by atoms with E-state index in [0.29, 0.717) is 5.56 Å². The zero-order valence-corrected chi connectivity index (χ0v) is 17.5. The Morgan fingerprint density at radius 3 is 2.16 bits per heavy atom. The van der Waals surface area contributed by atoms with Gasteiger partial charge in [0.2, 0.25) is 0 Å². The zero-order valence-electron chi connectivity index (χ0n) is 17.5. The summed E-state index contributed by atoms with van der Waals surface area (Å²) in [4.78, 5) is 50.7. The average Bonchev–Trinajstić information content (AvgIpc) is 2.74. The van der Waals surface area contributed by atoms with Crippen molar-refractivity contribution in [3.8, 4) is 0 Å². The molecule has 1 atom stereocenters. The standard InChI is InChI=1S/C23H23NO7/c1-4-30-21(26)23(22(27)31-5-2)18(15-8-6-14(3)7-9-15)13-20(25)17-11-10-16(24(28)29)12-19(17)23/h6-12,18H,4-5,13H2,1-3H3. The number of nitro groups is 1. The minimum absolute atomic E-state index is 0.0151. The Morgan fingerprint density at radius 2 is 1.65 bits per heavy atom. The molecule has 2 aromatic rings. The monoisotopic (exact) mass is 425 g/mol. The summed E-state index contributed by atoms with van der Waals surface area (Å²) in [5, 5.41) is 11.4. The average molecular weight is 425 g/mol. The first-order valence-electron chi connectivity index (χ1n) is 10.00. The Balaban J connectivity index is 2.40. The lowest BCUT2D eigenvalue weighted by atomic mass is 9.60. The van der Waals surface area contributed by atoms with Gasteiger partial charge in [-0.15, -0.1) is 0 Å². The van der Waals surface area contributed by atoms with Gasteiger partial charge in [-0.1, -0.05) is 29.8 Å². The van der Waals surface area contributed by atoms with Crippen LogP contribution in [0.3, 0.4) is 0 Å². The molecule has 31 heavy (non-hydrogen) atoms. The molecule has 0 radical (unpaired) electrons. The van der Waals surface area contributed by atoms with Gasteiger partial charge in [0.25, 0.3) is 5.69 Å². The normalized spacial score (nSPS) is 16.9. The highest BCUT2D eigenvalue weighted by molar-refractivity contribution is 6.14. The molecule has 3 rings (SSSR count). The lowest BCUT2D eigenvalue weighted by Crippen LogP contribution is -2.54. The summed E-state index contributed by atoms with van der Waals surface area (Å²) < 4.78 is 10.6. The van der Waals surface area contributed by atoms with Crippen LogP contribution in [0.5, 0.6) is 0 Å². The van der Waals surface area contributed by atoms with E-state index in [-0.39, 0.29) is 42.2 Å². The molecule has 1 unspecified atom stereocenters. The number of fused-ring (bicyclic) bond motifs is 1. The minimum atomic E-state index is -2.05. The number of benzene rings is 2. The van der Waals surface area contributed by atoms with Crippen LogP contribution in [0.15, 0.2) is 42.5 Å². The summed E-state index contributed by atoms with van der Waals surface area (Å²) in [6.07, 6.45) is -0.147. The third kappa shape index (κ3) is 3.69. The van der Waals surface area contributed by atoms with Crippen molar-refractivity contribution in [3.63, 3.8) is 0 Å². The first kappa shape index (κ1) is 22.1. The number of hydrogen-bond acceptors (Lipinski definition) is 7. The van der Waals surface area contributed by atoms with E-state index in [1.54, 1.807) is 26.0 Å². The number of rotatable bonds is 6. The van der Waals surface area contributed by atoms with Gasteiger partial charge in [-0.2, -0.15) is 0 Å². The molecule has 1 aliphatic rings. The highest BCUT2D eigenvalue weighted by Crippen LogP contribution is 2.50. The zero-order chi connectivity index (χ0) is 22.8. The molecule has 8 heteroatoms. The molecule has 1 aliphatic carbocycles. The number of nitrogens with zero attached hydrogens (tertiary/aromatic N) is 1. The lowest BCUT2D eigenvalue weighted by Gasteiger charge is -2.40. The molecule has 0 amide bonds. The van der Waals surface area contributed by atoms with Crippen molar-refractivity contribution in [2.45, 2.75) is 38.5 Å². The maximum absolute atomic E-state index is 13.4. The van der Waals surface area contributed by atoms with Crippen LogP contribution in [0.2, 0.25) is 0 Å². The Hall–Kier alpha value is -3.55. The van der Waals surface area contributed by atoms with Gasteiger partial charge in [0.15, 0.2) is 11.2 Å². The van der Waals surface area contributed by atoms with Crippen LogP contribution >= 0.6 is 0 Å². The summed E-state index contributed by atoms with van der Waals surface area (Å²) in [5.74, 6) is -3.05. The summed E-state index contributed by atoms with van der Waals surface area (Å²) in [6.45, 7) is 5.05. The van der Waals surface area contributed by atoms with Crippen molar-refractivity contribution < 1.29 is 28.8 Å². The summed E-state index contributed by atoms with van der Waals surface area (Å²) in [5.41, 5.74) is -0.835. The Morgan fingerprint density at radius 1 is 1.06 bits per heavy atom. The molecule has 0 saturated carbocycles. The van der Waals surface area contributed by atoms with Crippen molar-refractivity contribution in [3.05, 3.63) is 74.8 Å². The molecule has 0 saturated heterocycles. The maximum Gasteiger partial charge on any atom is 0.328 e. The summed E-state index contributed by atoms with van der Waals surface area (Å²) in [7, 11) is 0. The third-order valence-corrected chi connectivity index (χ3v) is 5.53. The van der Waals surface area contributed by atoms with Crippen LogP contribution in [-0.2, 0) is 24.5 Å². The van der Waals surface area contributed by atoms with E-state index in [2.05, 4.69) is 0 Å². The van der Waals surface area contributed by atoms with Crippen molar-refractivity contribution >= 4 is 23.4 Å². The van der Waals surface area contributed by atoms with E-state index in [0.717, 1.165) is 11.6 Å². The van der Waals surface area contributed by atoms with Crippen molar-refractivity contribution in [1.29, 1.82) is 0 Å². The SMILES string of the molecule is CCOC(=O)C1(C(=O)OCC)c2cc([N+](=O)[O-])ccc2C(=O)CC1c1ccc(C)cc1. The second-order valence-corrected chi connectivity index (χ2v) is 7.33. The van der Waals surface area contributed by atoms with Crippen LogP contribution in [0.4, 0.5) is 5.69 Å². The van der Waals surface area contributed by atoms with Gasteiger partial charge in [0.1, 0.15) is 0 Å². The first-order valence-corrected chi connectivity index (χ1v) is 10.00.